The first-order chi connectivity index (χ1) is 10.6. The second-order valence-electron chi connectivity index (χ2n) is 6.66. The van der Waals surface area contributed by atoms with E-state index in [1.165, 1.54) is 27.7 Å². The van der Waals surface area contributed by atoms with Gasteiger partial charge < -0.3 is 15.0 Å². The average molecular weight is 301 g/mol. The third-order valence-corrected chi connectivity index (χ3v) is 5.02. The van der Waals surface area contributed by atoms with Gasteiger partial charge in [-0.25, -0.2) is 0 Å². The van der Waals surface area contributed by atoms with Gasteiger partial charge in [-0.15, -0.1) is 0 Å². The Kier molecular flexibility index (Phi) is 4.52. The van der Waals surface area contributed by atoms with E-state index in [0.29, 0.717) is 6.04 Å². The number of aryl methyl sites for hydroxylation is 2. The van der Waals surface area contributed by atoms with Crippen LogP contribution >= 0.6 is 0 Å². The standard InChI is InChI=1S/C18H27N3O/c1-13-4-5-17-16(10-13)14(2)18(19-17)12-21-8-7-20(3)15(11-21)6-9-22/h4-5,10,15,19,22H,6-9,11-12H2,1-3H3/t15-/m1/s1. The first-order valence-corrected chi connectivity index (χ1v) is 8.19. The van der Waals surface area contributed by atoms with E-state index in [4.69, 9.17) is 0 Å². The highest BCUT2D eigenvalue weighted by Gasteiger charge is 2.24. The summed E-state index contributed by atoms with van der Waals surface area (Å²) in [5, 5.41) is 10.6. The number of H-pyrrole nitrogens is 1. The number of aromatic amines is 1. The summed E-state index contributed by atoms with van der Waals surface area (Å²) in [5.74, 6) is 0. The highest BCUT2D eigenvalue weighted by atomic mass is 16.3. The molecule has 0 saturated carbocycles. The fraction of sp³-hybridized carbons (Fsp3) is 0.556. The number of nitrogens with zero attached hydrogens (tertiary/aromatic N) is 2. The van der Waals surface area contributed by atoms with Crippen LogP contribution in [-0.2, 0) is 6.54 Å². The fourth-order valence-electron chi connectivity index (χ4n) is 3.49. The number of fused-ring (bicyclic) bond motifs is 1. The lowest BCUT2D eigenvalue weighted by Gasteiger charge is -2.39. The molecular weight excluding hydrogens is 274 g/mol. The maximum atomic E-state index is 9.23. The SMILES string of the molecule is Cc1ccc2[nH]c(CN3CCN(C)[C@H](CCO)C3)c(C)c2c1. The molecule has 2 heterocycles. The van der Waals surface area contributed by atoms with Gasteiger partial charge >= 0.3 is 0 Å². The highest BCUT2D eigenvalue weighted by molar-refractivity contribution is 5.85. The molecular formula is C18H27N3O. The second kappa shape index (κ2) is 6.41. The van der Waals surface area contributed by atoms with Crippen LogP contribution in [-0.4, -0.2) is 59.2 Å². The van der Waals surface area contributed by atoms with Crippen molar-refractivity contribution in [2.45, 2.75) is 32.9 Å². The molecule has 0 aliphatic carbocycles. The zero-order valence-corrected chi connectivity index (χ0v) is 13.9. The van der Waals surface area contributed by atoms with Gasteiger partial charge in [0.15, 0.2) is 0 Å². The molecule has 0 spiro atoms. The van der Waals surface area contributed by atoms with Crippen molar-refractivity contribution >= 4 is 10.9 Å². The lowest BCUT2D eigenvalue weighted by Crippen LogP contribution is -2.51. The summed E-state index contributed by atoms with van der Waals surface area (Å²) in [4.78, 5) is 8.47. The number of aliphatic hydroxyl groups excluding tert-OH is 1. The molecule has 1 atom stereocenters. The topological polar surface area (TPSA) is 42.5 Å². The first kappa shape index (κ1) is 15.5. The van der Waals surface area contributed by atoms with Crippen molar-refractivity contribution in [2.75, 3.05) is 33.3 Å². The van der Waals surface area contributed by atoms with Crippen LogP contribution in [0.15, 0.2) is 18.2 Å². The molecule has 4 nitrogen and oxygen atoms in total. The van der Waals surface area contributed by atoms with Crippen LogP contribution in [0.5, 0.6) is 0 Å². The molecule has 0 amide bonds. The van der Waals surface area contributed by atoms with Crippen molar-refractivity contribution in [2.24, 2.45) is 0 Å². The van der Waals surface area contributed by atoms with Crippen molar-refractivity contribution < 1.29 is 5.11 Å². The van der Waals surface area contributed by atoms with E-state index in [1.807, 2.05) is 0 Å². The molecule has 22 heavy (non-hydrogen) atoms. The highest BCUT2D eigenvalue weighted by Crippen LogP contribution is 2.24. The van der Waals surface area contributed by atoms with Gasteiger partial charge in [0.2, 0.25) is 0 Å². The second-order valence-corrected chi connectivity index (χ2v) is 6.66. The van der Waals surface area contributed by atoms with Crippen LogP contribution in [0.3, 0.4) is 0 Å². The van der Waals surface area contributed by atoms with Gasteiger partial charge in [0, 0.05) is 55.4 Å². The lowest BCUT2D eigenvalue weighted by atomic mass is 10.1. The Morgan fingerprint density at radius 1 is 1.27 bits per heavy atom. The Morgan fingerprint density at radius 2 is 2.09 bits per heavy atom. The molecule has 1 aromatic carbocycles. The third-order valence-electron chi connectivity index (χ3n) is 5.02. The minimum atomic E-state index is 0.271. The normalized spacial score (nSPS) is 20.8. The Labute approximate surface area is 132 Å². The zero-order chi connectivity index (χ0) is 15.7. The van der Waals surface area contributed by atoms with Gasteiger partial charge in [-0.1, -0.05) is 11.6 Å². The number of likely N-dealkylation sites (N-methyl/N-ethyl adjacent to an activating group) is 1. The van der Waals surface area contributed by atoms with Crippen LogP contribution in [0, 0.1) is 13.8 Å². The molecule has 1 fully saturated rings. The molecule has 1 aromatic heterocycles. The molecule has 0 bridgehead atoms. The van der Waals surface area contributed by atoms with Crippen molar-refractivity contribution in [3.63, 3.8) is 0 Å². The monoisotopic (exact) mass is 301 g/mol. The summed E-state index contributed by atoms with van der Waals surface area (Å²) in [6.45, 7) is 8.80. The van der Waals surface area contributed by atoms with E-state index in [9.17, 15) is 5.11 Å². The van der Waals surface area contributed by atoms with E-state index in [0.717, 1.165) is 32.6 Å². The number of piperazine rings is 1. The lowest BCUT2D eigenvalue weighted by molar-refractivity contribution is 0.0736. The minimum absolute atomic E-state index is 0.271. The molecule has 120 valence electrons. The van der Waals surface area contributed by atoms with Crippen molar-refractivity contribution in [1.29, 1.82) is 0 Å². The van der Waals surface area contributed by atoms with Crippen molar-refractivity contribution in [3.8, 4) is 0 Å². The number of benzene rings is 1. The molecule has 1 saturated heterocycles. The van der Waals surface area contributed by atoms with Gasteiger partial charge in [-0.3, -0.25) is 4.90 Å². The maximum absolute atomic E-state index is 9.23. The number of nitrogens with one attached hydrogen (secondary N) is 1. The number of hydrogen-bond acceptors (Lipinski definition) is 3. The predicted octanol–water partition coefficient (Wildman–Crippen LogP) is 2.28. The zero-order valence-electron chi connectivity index (χ0n) is 13.9. The molecule has 3 rings (SSSR count). The summed E-state index contributed by atoms with van der Waals surface area (Å²) in [6.07, 6.45) is 0.859. The molecule has 2 aromatic rings. The number of hydrogen-bond donors (Lipinski definition) is 2. The van der Waals surface area contributed by atoms with Gasteiger partial charge in [0.05, 0.1) is 0 Å². The predicted molar refractivity (Wildman–Crippen MR) is 91.2 cm³/mol. The number of aromatic nitrogens is 1. The van der Waals surface area contributed by atoms with Crippen LogP contribution in [0.25, 0.3) is 10.9 Å². The van der Waals surface area contributed by atoms with E-state index in [2.05, 4.69) is 53.9 Å². The van der Waals surface area contributed by atoms with Crippen LogP contribution in [0.1, 0.15) is 23.2 Å². The van der Waals surface area contributed by atoms with Crippen LogP contribution in [0.4, 0.5) is 0 Å². The maximum Gasteiger partial charge on any atom is 0.0459 e. The van der Waals surface area contributed by atoms with Crippen LogP contribution in [0.2, 0.25) is 0 Å². The largest absolute Gasteiger partial charge is 0.396 e. The van der Waals surface area contributed by atoms with Gasteiger partial charge in [0.1, 0.15) is 0 Å². The molecule has 4 heteroatoms. The molecule has 0 radical (unpaired) electrons. The fourth-order valence-corrected chi connectivity index (χ4v) is 3.49. The quantitative estimate of drug-likeness (QED) is 0.910. The summed E-state index contributed by atoms with van der Waals surface area (Å²) < 4.78 is 0. The summed E-state index contributed by atoms with van der Waals surface area (Å²) in [5.41, 5.74) is 5.24. The number of rotatable bonds is 4. The Bertz CT molecular complexity index is 649. The van der Waals surface area contributed by atoms with Gasteiger partial charge in [-0.2, -0.15) is 0 Å². The molecule has 1 aliphatic heterocycles. The average Bonchev–Trinajstić information content (AvgIpc) is 2.79. The first-order valence-electron chi connectivity index (χ1n) is 8.19. The molecule has 1 aliphatic rings. The summed E-state index contributed by atoms with van der Waals surface area (Å²) >= 11 is 0. The van der Waals surface area contributed by atoms with Crippen molar-refractivity contribution in [3.05, 3.63) is 35.0 Å². The van der Waals surface area contributed by atoms with E-state index < -0.39 is 0 Å². The number of aliphatic hydroxyl groups is 1. The Balaban J connectivity index is 1.77. The molecule has 0 unspecified atom stereocenters. The Hall–Kier alpha value is -1.36. The Morgan fingerprint density at radius 3 is 2.86 bits per heavy atom. The summed E-state index contributed by atoms with van der Waals surface area (Å²) in [7, 11) is 2.16. The van der Waals surface area contributed by atoms with Gasteiger partial charge in [-0.05, 0) is 45.0 Å². The van der Waals surface area contributed by atoms with Crippen molar-refractivity contribution in [1.82, 2.24) is 14.8 Å². The third kappa shape index (κ3) is 3.05. The van der Waals surface area contributed by atoms with E-state index >= 15 is 0 Å². The smallest absolute Gasteiger partial charge is 0.0459 e. The van der Waals surface area contributed by atoms with E-state index in [1.54, 1.807) is 0 Å². The molecule has 2 N–H and O–H groups in total. The summed E-state index contributed by atoms with van der Waals surface area (Å²) in [6, 6.07) is 7.07. The van der Waals surface area contributed by atoms with E-state index in [-0.39, 0.29) is 6.61 Å². The van der Waals surface area contributed by atoms with Crippen LogP contribution < -0.4 is 0 Å². The van der Waals surface area contributed by atoms with Gasteiger partial charge in [0.25, 0.3) is 0 Å². The minimum Gasteiger partial charge on any atom is -0.396 e.